The molecule has 1 heterocycles. The molecule has 19 heavy (non-hydrogen) atoms. The fraction of sp³-hybridized carbons (Fsp3) is 0.462. The minimum Gasteiger partial charge on any atom is -0.306 e. The first-order valence-electron chi connectivity index (χ1n) is 5.98. The summed E-state index contributed by atoms with van der Waals surface area (Å²) in [5, 5.41) is 12.5. The lowest BCUT2D eigenvalue weighted by molar-refractivity contribution is 0.395. The zero-order valence-electron chi connectivity index (χ0n) is 10.6. The molecule has 0 amide bonds. The summed E-state index contributed by atoms with van der Waals surface area (Å²) in [6, 6.07) is 7.14. The van der Waals surface area contributed by atoms with Crippen molar-refractivity contribution in [2.75, 3.05) is 11.5 Å². The predicted molar refractivity (Wildman–Crippen MR) is 74.7 cm³/mol. The molecule has 2 rings (SSSR count). The van der Waals surface area contributed by atoms with E-state index in [0.29, 0.717) is 23.6 Å². The van der Waals surface area contributed by atoms with E-state index in [1.165, 1.54) is 0 Å². The maximum Gasteiger partial charge on any atom is 0.152 e. The Morgan fingerprint density at radius 1 is 1.53 bits per heavy atom. The molecular weight excluding hydrogens is 284 g/mol. The molecule has 0 aromatic heterocycles. The van der Waals surface area contributed by atoms with Crippen molar-refractivity contribution in [1.29, 1.82) is 5.26 Å². The summed E-state index contributed by atoms with van der Waals surface area (Å²) in [5.74, 6) is 0.394. The van der Waals surface area contributed by atoms with Gasteiger partial charge in [-0.3, -0.25) is 0 Å². The number of benzene rings is 1. The molecule has 1 aliphatic rings. The van der Waals surface area contributed by atoms with Crippen LogP contribution in [-0.2, 0) is 16.4 Å². The Hall–Kier alpha value is -1.09. The topological polar surface area (TPSA) is 70.0 Å². The molecule has 1 saturated heterocycles. The Bertz CT molecular complexity index is 637. The minimum absolute atomic E-state index is 0.161. The van der Waals surface area contributed by atoms with Gasteiger partial charge >= 0.3 is 0 Å². The molecule has 0 aliphatic carbocycles. The number of nitriles is 1. The van der Waals surface area contributed by atoms with Crippen LogP contribution in [0.1, 0.15) is 24.5 Å². The van der Waals surface area contributed by atoms with Crippen molar-refractivity contribution in [3.05, 3.63) is 34.3 Å². The lowest BCUT2D eigenvalue weighted by Crippen LogP contribution is -2.42. The van der Waals surface area contributed by atoms with Crippen molar-refractivity contribution < 1.29 is 8.42 Å². The van der Waals surface area contributed by atoms with Gasteiger partial charge in [0.05, 0.1) is 23.1 Å². The molecule has 1 aliphatic heterocycles. The van der Waals surface area contributed by atoms with Crippen molar-refractivity contribution in [2.24, 2.45) is 0 Å². The van der Waals surface area contributed by atoms with Crippen LogP contribution in [0.3, 0.4) is 0 Å². The van der Waals surface area contributed by atoms with Crippen LogP contribution in [0.4, 0.5) is 0 Å². The summed E-state index contributed by atoms with van der Waals surface area (Å²) in [5.41, 5.74) is 0.991. The fourth-order valence-corrected chi connectivity index (χ4v) is 4.59. The van der Waals surface area contributed by atoms with E-state index in [2.05, 4.69) is 5.32 Å². The summed E-state index contributed by atoms with van der Waals surface area (Å²) in [6.45, 7) is 2.41. The molecule has 0 saturated carbocycles. The lowest BCUT2D eigenvalue weighted by Gasteiger charge is -2.24. The number of nitrogens with zero attached hydrogens (tertiary/aromatic N) is 1. The highest BCUT2D eigenvalue weighted by Gasteiger charge is 2.37. The van der Waals surface area contributed by atoms with E-state index in [-0.39, 0.29) is 11.5 Å². The number of hydrogen-bond acceptors (Lipinski definition) is 4. The predicted octanol–water partition coefficient (Wildman–Crippen LogP) is 1.88. The van der Waals surface area contributed by atoms with Crippen LogP contribution >= 0.6 is 11.6 Å². The highest BCUT2D eigenvalue weighted by atomic mass is 35.5. The van der Waals surface area contributed by atoms with Crippen molar-refractivity contribution >= 4 is 21.4 Å². The number of sulfone groups is 1. The highest BCUT2D eigenvalue weighted by Crippen LogP contribution is 2.24. The molecule has 1 aromatic rings. The van der Waals surface area contributed by atoms with Crippen molar-refractivity contribution in [3.63, 3.8) is 0 Å². The van der Waals surface area contributed by atoms with Gasteiger partial charge in [-0.05, 0) is 31.0 Å². The summed E-state index contributed by atoms with van der Waals surface area (Å²) >= 11 is 6.09. The van der Waals surface area contributed by atoms with Gasteiger partial charge in [0.15, 0.2) is 9.84 Å². The molecule has 0 bridgehead atoms. The van der Waals surface area contributed by atoms with E-state index in [4.69, 9.17) is 16.9 Å². The van der Waals surface area contributed by atoms with Crippen LogP contribution in [0.25, 0.3) is 0 Å². The van der Waals surface area contributed by atoms with Crippen LogP contribution < -0.4 is 5.32 Å². The highest BCUT2D eigenvalue weighted by molar-refractivity contribution is 7.91. The second-order valence-electron chi connectivity index (χ2n) is 5.17. The lowest BCUT2D eigenvalue weighted by atomic mass is 10.0. The molecule has 1 unspecified atom stereocenters. The van der Waals surface area contributed by atoms with Crippen LogP contribution in [0.2, 0.25) is 5.02 Å². The SMILES string of the molecule is CC1(NCc2ccc(C#N)cc2Cl)CCS(=O)(=O)C1. The summed E-state index contributed by atoms with van der Waals surface area (Å²) < 4.78 is 23.0. The molecule has 6 heteroatoms. The monoisotopic (exact) mass is 298 g/mol. The van der Waals surface area contributed by atoms with E-state index in [0.717, 1.165) is 5.56 Å². The Labute approximate surface area is 118 Å². The van der Waals surface area contributed by atoms with Crippen LogP contribution in [0.15, 0.2) is 18.2 Å². The van der Waals surface area contributed by atoms with Crippen molar-refractivity contribution in [2.45, 2.75) is 25.4 Å². The van der Waals surface area contributed by atoms with E-state index >= 15 is 0 Å². The normalized spacial score (nSPS) is 25.1. The third-order valence-corrected chi connectivity index (χ3v) is 5.65. The molecule has 1 fully saturated rings. The van der Waals surface area contributed by atoms with Gasteiger partial charge in [0.2, 0.25) is 0 Å². The van der Waals surface area contributed by atoms with Gasteiger partial charge in [0.25, 0.3) is 0 Å². The summed E-state index contributed by atoms with van der Waals surface area (Å²) in [6.07, 6.45) is 0.614. The van der Waals surface area contributed by atoms with Crippen LogP contribution in [0, 0.1) is 11.3 Å². The molecule has 0 spiro atoms. The second kappa shape index (κ2) is 5.12. The number of nitrogens with one attached hydrogen (secondary N) is 1. The Balaban J connectivity index is 2.06. The number of hydrogen-bond donors (Lipinski definition) is 1. The molecule has 1 aromatic carbocycles. The minimum atomic E-state index is -2.92. The van der Waals surface area contributed by atoms with Crippen molar-refractivity contribution in [1.82, 2.24) is 5.32 Å². The van der Waals surface area contributed by atoms with Crippen LogP contribution in [-0.4, -0.2) is 25.5 Å². The first kappa shape index (κ1) is 14.3. The molecule has 1 atom stereocenters. The Morgan fingerprint density at radius 3 is 2.79 bits per heavy atom. The van der Waals surface area contributed by atoms with Gasteiger partial charge in [-0.1, -0.05) is 17.7 Å². The molecule has 4 nitrogen and oxygen atoms in total. The zero-order chi connectivity index (χ0) is 14.1. The van der Waals surface area contributed by atoms with Crippen molar-refractivity contribution in [3.8, 4) is 6.07 Å². The number of rotatable bonds is 3. The second-order valence-corrected chi connectivity index (χ2v) is 7.77. The van der Waals surface area contributed by atoms with Gasteiger partial charge < -0.3 is 5.32 Å². The Kier molecular flexibility index (Phi) is 3.86. The third kappa shape index (κ3) is 3.47. The first-order valence-corrected chi connectivity index (χ1v) is 8.17. The molecule has 0 radical (unpaired) electrons. The van der Waals surface area contributed by atoms with Crippen LogP contribution in [0.5, 0.6) is 0 Å². The summed E-state index contributed by atoms with van der Waals surface area (Å²) in [7, 11) is -2.92. The number of halogens is 1. The maximum atomic E-state index is 11.5. The maximum absolute atomic E-state index is 11.5. The van der Waals surface area contributed by atoms with E-state index in [9.17, 15) is 8.42 Å². The largest absolute Gasteiger partial charge is 0.306 e. The van der Waals surface area contributed by atoms with E-state index < -0.39 is 15.4 Å². The van der Waals surface area contributed by atoms with E-state index in [1.807, 2.05) is 13.0 Å². The first-order chi connectivity index (χ1) is 8.84. The van der Waals surface area contributed by atoms with Gasteiger partial charge in [-0.25, -0.2) is 8.42 Å². The van der Waals surface area contributed by atoms with Gasteiger partial charge in [0.1, 0.15) is 0 Å². The van der Waals surface area contributed by atoms with Gasteiger partial charge in [-0.2, -0.15) is 5.26 Å². The quantitative estimate of drug-likeness (QED) is 0.925. The van der Waals surface area contributed by atoms with E-state index in [1.54, 1.807) is 18.2 Å². The van der Waals surface area contributed by atoms with Gasteiger partial charge in [-0.15, -0.1) is 0 Å². The smallest absolute Gasteiger partial charge is 0.152 e. The average molecular weight is 299 g/mol. The molecule has 102 valence electrons. The average Bonchev–Trinajstić information content (AvgIpc) is 2.62. The summed E-state index contributed by atoms with van der Waals surface area (Å²) in [4.78, 5) is 0. The standard InChI is InChI=1S/C13H15ClN2O2S/c1-13(4-5-19(17,18)9-13)16-8-11-3-2-10(7-15)6-12(11)14/h2-3,6,16H,4-5,8-9H2,1H3. The molecular formula is C13H15ClN2O2S. The van der Waals surface area contributed by atoms with Gasteiger partial charge in [0, 0.05) is 17.1 Å². The zero-order valence-corrected chi connectivity index (χ0v) is 12.2. The third-order valence-electron chi connectivity index (χ3n) is 3.39. The fourth-order valence-electron chi connectivity index (χ4n) is 2.22. The Morgan fingerprint density at radius 2 is 2.26 bits per heavy atom. The molecule has 1 N–H and O–H groups in total.